The van der Waals surface area contributed by atoms with E-state index in [0.29, 0.717) is 23.8 Å². The van der Waals surface area contributed by atoms with Crippen LogP contribution in [0.5, 0.6) is 0 Å². The van der Waals surface area contributed by atoms with Crippen molar-refractivity contribution < 1.29 is 9.59 Å². The van der Waals surface area contributed by atoms with Crippen molar-refractivity contribution in [3.63, 3.8) is 0 Å². The van der Waals surface area contributed by atoms with Gasteiger partial charge < -0.3 is 0 Å². The summed E-state index contributed by atoms with van der Waals surface area (Å²) in [6.45, 7) is 0.369. The fourth-order valence-electron chi connectivity index (χ4n) is 2.10. The van der Waals surface area contributed by atoms with Crippen molar-refractivity contribution in [2.45, 2.75) is 19.4 Å². The molecule has 0 atom stereocenters. The van der Waals surface area contributed by atoms with Gasteiger partial charge in [0.05, 0.1) is 6.54 Å². The molecule has 2 heterocycles. The Morgan fingerprint density at radius 1 is 1.27 bits per heavy atom. The van der Waals surface area contributed by atoms with Crippen LogP contribution in [0.25, 0.3) is 0 Å². The van der Waals surface area contributed by atoms with Crippen molar-refractivity contribution in [3.8, 4) is 0 Å². The van der Waals surface area contributed by atoms with Crippen molar-refractivity contribution in [1.29, 1.82) is 0 Å². The van der Waals surface area contributed by atoms with Gasteiger partial charge in [0.2, 0.25) is 5.91 Å². The number of benzene rings is 1. The summed E-state index contributed by atoms with van der Waals surface area (Å²) in [7, 11) is 0. The molecule has 1 aliphatic heterocycles. The van der Waals surface area contributed by atoms with Gasteiger partial charge in [-0.15, -0.1) is 11.3 Å². The quantitative estimate of drug-likeness (QED) is 0.940. The highest BCUT2D eigenvalue weighted by molar-refractivity contribution is 7.13. The van der Waals surface area contributed by atoms with E-state index in [0.717, 1.165) is 5.56 Å². The van der Waals surface area contributed by atoms with Gasteiger partial charge in [0.25, 0.3) is 5.91 Å². The third-order valence-electron chi connectivity index (χ3n) is 3.20. The van der Waals surface area contributed by atoms with Crippen LogP contribution >= 0.6 is 11.3 Å². The van der Waals surface area contributed by atoms with E-state index in [4.69, 9.17) is 0 Å². The number of rotatable bonds is 4. The Labute approximate surface area is 131 Å². The Kier molecular flexibility index (Phi) is 4.24. The molecule has 1 aliphatic rings. The number of anilines is 1. The molecule has 0 saturated carbocycles. The zero-order valence-electron chi connectivity index (χ0n) is 11.7. The number of carbonyl (C=O) groups excluding carboxylic acids is 2. The van der Waals surface area contributed by atoms with Crippen LogP contribution in [0, 0.1) is 0 Å². The summed E-state index contributed by atoms with van der Waals surface area (Å²) in [5.74, 6) is -0.379. The third-order valence-corrected chi connectivity index (χ3v) is 3.88. The lowest BCUT2D eigenvalue weighted by Crippen LogP contribution is -2.35. The first-order chi connectivity index (χ1) is 10.7. The number of amides is 2. The predicted molar refractivity (Wildman–Crippen MR) is 84.4 cm³/mol. The van der Waals surface area contributed by atoms with Crippen molar-refractivity contribution >= 4 is 34.0 Å². The summed E-state index contributed by atoms with van der Waals surface area (Å²) in [5.41, 5.74) is 1.33. The highest BCUT2D eigenvalue weighted by atomic mass is 32.1. The minimum atomic E-state index is -0.305. The van der Waals surface area contributed by atoms with Crippen molar-refractivity contribution in [2.24, 2.45) is 5.10 Å². The maximum absolute atomic E-state index is 12.2. The molecule has 0 fully saturated rings. The van der Waals surface area contributed by atoms with Crippen LogP contribution in [0.2, 0.25) is 0 Å². The smallest absolute Gasteiger partial charge is 0.273 e. The fraction of sp³-hybridized carbons (Fsp3) is 0.200. The van der Waals surface area contributed by atoms with Gasteiger partial charge in [-0.05, 0) is 5.56 Å². The number of hydrogen-bond acceptors (Lipinski definition) is 5. The second-order valence-corrected chi connectivity index (χ2v) is 5.67. The van der Waals surface area contributed by atoms with Crippen LogP contribution in [-0.4, -0.2) is 27.5 Å². The zero-order valence-corrected chi connectivity index (χ0v) is 12.5. The molecule has 0 unspecified atom stereocenters. The van der Waals surface area contributed by atoms with E-state index in [-0.39, 0.29) is 18.2 Å². The van der Waals surface area contributed by atoms with Gasteiger partial charge in [-0.1, -0.05) is 30.3 Å². The summed E-state index contributed by atoms with van der Waals surface area (Å²) in [6, 6.07) is 9.57. The maximum Gasteiger partial charge on any atom is 0.273 e. The standard InChI is InChI=1S/C15H14N4O2S/c20-13-7-6-12(14(21)17-15-16-8-9-22-15)18-19(13)10-11-4-2-1-3-5-11/h1-5,8-9H,6-7,10H2,(H,16,17,21). The Morgan fingerprint density at radius 2 is 2.09 bits per heavy atom. The van der Waals surface area contributed by atoms with E-state index in [1.165, 1.54) is 16.3 Å². The SMILES string of the molecule is O=C(Nc1nccs1)C1=NN(Cc2ccccc2)C(=O)CC1. The van der Waals surface area contributed by atoms with Gasteiger partial charge in [0.15, 0.2) is 5.13 Å². The van der Waals surface area contributed by atoms with E-state index in [1.807, 2.05) is 30.3 Å². The molecule has 112 valence electrons. The molecule has 0 saturated heterocycles. The number of hydrazone groups is 1. The van der Waals surface area contributed by atoms with Gasteiger partial charge in [-0.3, -0.25) is 14.9 Å². The first-order valence-electron chi connectivity index (χ1n) is 6.85. The average molecular weight is 314 g/mol. The molecule has 7 heteroatoms. The Hall–Kier alpha value is -2.54. The molecular formula is C15H14N4O2S. The minimum absolute atomic E-state index is 0.0744. The van der Waals surface area contributed by atoms with Gasteiger partial charge in [-0.25, -0.2) is 9.99 Å². The number of nitrogens with zero attached hydrogens (tertiary/aromatic N) is 3. The second-order valence-electron chi connectivity index (χ2n) is 4.78. The van der Waals surface area contributed by atoms with E-state index in [1.54, 1.807) is 11.6 Å². The van der Waals surface area contributed by atoms with E-state index in [9.17, 15) is 9.59 Å². The number of thiazole rings is 1. The van der Waals surface area contributed by atoms with Gasteiger partial charge in [0, 0.05) is 24.4 Å². The normalized spacial score (nSPS) is 14.6. The van der Waals surface area contributed by atoms with E-state index in [2.05, 4.69) is 15.4 Å². The Morgan fingerprint density at radius 3 is 2.82 bits per heavy atom. The summed E-state index contributed by atoms with van der Waals surface area (Å²) >= 11 is 1.34. The minimum Gasteiger partial charge on any atom is -0.297 e. The zero-order chi connectivity index (χ0) is 15.4. The first-order valence-corrected chi connectivity index (χ1v) is 7.73. The summed E-state index contributed by atoms with van der Waals surface area (Å²) in [6.07, 6.45) is 2.26. The topological polar surface area (TPSA) is 74.7 Å². The van der Waals surface area contributed by atoms with E-state index < -0.39 is 0 Å². The number of nitrogens with one attached hydrogen (secondary N) is 1. The van der Waals surface area contributed by atoms with Crippen LogP contribution < -0.4 is 5.32 Å². The summed E-state index contributed by atoms with van der Waals surface area (Å²) in [5, 5.41) is 10.6. The lowest BCUT2D eigenvalue weighted by atomic mass is 10.1. The molecule has 6 nitrogen and oxygen atoms in total. The molecule has 0 aliphatic carbocycles. The molecular weight excluding hydrogens is 300 g/mol. The fourth-order valence-corrected chi connectivity index (χ4v) is 2.62. The van der Waals surface area contributed by atoms with Crippen LogP contribution in [-0.2, 0) is 16.1 Å². The lowest BCUT2D eigenvalue weighted by Gasteiger charge is -2.23. The number of aromatic nitrogens is 1. The lowest BCUT2D eigenvalue weighted by molar-refractivity contribution is -0.132. The van der Waals surface area contributed by atoms with Gasteiger partial charge in [-0.2, -0.15) is 5.10 Å². The molecule has 1 N–H and O–H groups in total. The Balaban J connectivity index is 1.73. The van der Waals surface area contributed by atoms with Crippen molar-refractivity contribution in [3.05, 3.63) is 47.5 Å². The van der Waals surface area contributed by atoms with Crippen LogP contribution in [0.15, 0.2) is 47.0 Å². The van der Waals surface area contributed by atoms with Crippen molar-refractivity contribution in [1.82, 2.24) is 9.99 Å². The van der Waals surface area contributed by atoms with Gasteiger partial charge >= 0.3 is 0 Å². The molecule has 1 aromatic heterocycles. The number of carbonyl (C=O) groups is 2. The van der Waals surface area contributed by atoms with Crippen LogP contribution in [0.1, 0.15) is 18.4 Å². The molecule has 3 rings (SSSR count). The monoisotopic (exact) mass is 314 g/mol. The molecule has 0 radical (unpaired) electrons. The molecule has 1 aromatic carbocycles. The van der Waals surface area contributed by atoms with Gasteiger partial charge in [0.1, 0.15) is 5.71 Å². The van der Waals surface area contributed by atoms with Crippen molar-refractivity contribution in [2.75, 3.05) is 5.32 Å². The number of hydrogen-bond donors (Lipinski definition) is 1. The average Bonchev–Trinajstić information content (AvgIpc) is 3.03. The largest absolute Gasteiger partial charge is 0.297 e. The maximum atomic E-state index is 12.2. The molecule has 2 amide bonds. The summed E-state index contributed by atoms with van der Waals surface area (Å²) < 4.78 is 0. The molecule has 0 bridgehead atoms. The first kappa shape index (κ1) is 14.4. The predicted octanol–water partition coefficient (Wildman–Crippen LogP) is 2.26. The highest BCUT2D eigenvalue weighted by Gasteiger charge is 2.24. The van der Waals surface area contributed by atoms with Crippen LogP contribution in [0.3, 0.4) is 0 Å². The molecule has 2 aromatic rings. The molecule has 0 spiro atoms. The molecule has 22 heavy (non-hydrogen) atoms. The highest BCUT2D eigenvalue weighted by Crippen LogP contribution is 2.16. The third kappa shape index (κ3) is 3.37. The van der Waals surface area contributed by atoms with E-state index >= 15 is 0 Å². The van der Waals surface area contributed by atoms with Crippen LogP contribution in [0.4, 0.5) is 5.13 Å². The Bertz CT molecular complexity index is 698. The summed E-state index contributed by atoms with van der Waals surface area (Å²) in [4.78, 5) is 28.1. The second kappa shape index (κ2) is 6.48.